The molecular weight excluding hydrogens is 521 g/mol. The topological polar surface area (TPSA) is 115 Å². The van der Waals surface area contributed by atoms with Crippen molar-refractivity contribution in [3.63, 3.8) is 0 Å². The molecule has 0 radical (unpaired) electrons. The first-order valence-corrected chi connectivity index (χ1v) is 13.8. The molecule has 3 unspecified atom stereocenters. The van der Waals surface area contributed by atoms with E-state index in [2.05, 4.69) is 0 Å². The Balaban J connectivity index is 1.48. The number of halogens is 1. The van der Waals surface area contributed by atoms with Gasteiger partial charge in [0.2, 0.25) is 5.91 Å². The fourth-order valence-electron chi connectivity index (χ4n) is 5.19. The Morgan fingerprint density at radius 2 is 1.56 bits per heavy atom. The molecule has 1 amide bonds. The van der Waals surface area contributed by atoms with Crippen LogP contribution in [0, 0.1) is 11.7 Å². The fourth-order valence-corrected chi connectivity index (χ4v) is 5.91. The third-order valence-electron chi connectivity index (χ3n) is 7.09. The number of nitrogens with zero attached hydrogens (tertiary/aromatic N) is 1. The Morgan fingerprint density at radius 1 is 0.897 bits per heavy atom. The van der Waals surface area contributed by atoms with E-state index in [1.807, 2.05) is 6.07 Å². The molecule has 4 aromatic carbocycles. The van der Waals surface area contributed by atoms with Crippen molar-refractivity contribution in [3.05, 3.63) is 114 Å². The van der Waals surface area contributed by atoms with Gasteiger partial charge in [-0.2, -0.15) is 8.42 Å². The van der Waals surface area contributed by atoms with E-state index in [-0.39, 0.29) is 40.5 Å². The van der Waals surface area contributed by atoms with Crippen molar-refractivity contribution in [2.24, 2.45) is 5.92 Å². The van der Waals surface area contributed by atoms with E-state index in [1.165, 1.54) is 42.5 Å². The summed E-state index contributed by atoms with van der Waals surface area (Å²) in [6.07, 6.45) is -0.718. The Kier molecular flexibility index (Phi) is 7.22. The van der Waals surface area contributed by atoms with Gasteiger partial charge in [0.25, 0.3) is 10.1 Å². The highest BCUT2D eigenvalue weighted by Crippen LogP contribution is 2.49. The second-order valence-electron chi connectivity index (χ2n) is 9.45. The first-order chi connectivity index (χ1) is 18.7. The molecule has 200 valence electrons. The van der Waals surface area contributed by atoms with Crippen molar-refractivity contribution in [1.29, 1.82) is 0 Å². The molecule has 5 rings (SSSR count). The molecular formula is C30H26FNO6S. The van der Waals surface area contributed by atoms with Crippen LogP contribution in [0.4, 0.5) is 10.1 Å². The predicted octanol–water partition coefficient (Wildman–Crippen LogP) is 5.66. The molecule has 4 aromatic rings. The van der Waals surface area contributed by atoms with Crippen LogP contribution in [0.5, 0.6) is 5.75 Å². The number of carbonyl (C=O) groups is 1. The number of carbonyl (C=O) groups excluding carboxylic acids is 1. The van der Waals surface area contributed by atoms with Gasteiger partial charge in [0.05, 0.1) is 18.1 Å². The number of rotatable bonds is 8. The molecule has 3 atom stereocenters. The molecule has 0 spiro atoms. The third-order valence-corrected chi connectivity index (χ3v) is 8.00. The Morgan fingerprint density at radius 3 is 2.26 bits per heavy atom. The van der Waals surface area contributed by atoms with E-state index in [4.69, 9.17) is 0 Å². The van der Waals surface area contributed by atoms with Crippen LogP contribution in [0.1, 0.15) is 36.1 Å². The zero-order chi connectivity index (χ0) is 27.7. The minimum Gasteiger partial charge on any atom is -0.508 e. The number of phenols is 1. The van der Waals surface area contributed by atoms with Crippen LogP contribution in [0.3, 0.4) is 0 Å². The zero-order valence-electron chi connectivity index (χ0n) is 20.7. The second kappa shape index (κ2) is 10.6. The highest BCUT2D eigenvalue weighted by Gasteiger charge is 2.49. The molecule has 39 heavy (non-hydrogen) atoms. The molecule has 1 fully saturated rings. The molecule has 1 saturated heterocycles. The van der Waals surface area contributed by atoms with Gasteiger partial charge in [-0.1, -0.05) is 66.7 Å². The maximum absolute atomic E-state index is 14.2. The maximum atomic E-state index is 14.2. The van der Waals surface area contributed by atoms with E-state index in [0.29, 0.717) is 16.8 Å². The quantitative estimate of drug-likeness (QED) is 0.194. The lowest BCUT2D eigenvalue weighted by Gasteiger charge is -2.48. The largest absolute Gasteiger partial charge is 0.508 e. The smallest absolute Gasteiger partial charge is 0.295 e. The van der Waals surface area contributed by atoms with Crippen molar-refractivity contribution in [2.45, 2.75) is 29.9 Å². The minimum atomic E-state index is -4.50. The van der Waals surface area contributed by atoms with Gasteiger partial charge in [0.1, 0.15) is 16.5 Å². The number of para-hydroxylation sites is 1. The first-order valence-electron chi connectivity index (χ1n) is 12.4. The molecule has 9 heteroatoms. The van der Waals surface area contributed by atoms with Crippen LogP contribution in [0.2, 0.25) is 0 Å². The highest BCUT2D eigenvalue weighted by molar-refractivity contribution is 7.86. The predicted molar refractivity (Wildman–Crippen MR) is 144 cm³/mol. The summed E-state index contributed by atoms with van der Waals surface area (Å²) in [5.74, 6) is -1.46. The molecule has 1 heterocycles. The molecule has 7 nitrogen and oxygen atoms in total. The second-order valence-corrected chi connectivity index (χ2v) is 10.8. The fraction of sp³-hybridized carbons (Fsp3) is 0.167. The minimum absolute atomic E-state index is 0.136. The lowest BCUT2D eigenvalue weighted by atomic mass is 9.77. The van der Waals surface area contributed by atoms with Gasteiger partial charge in [-0.25, -0.2) is 4.39 Å². The van der Waals surface area contributed by atoms with Crippen LogP contribution in [-0.2, 0) is 14.9 Å². The molecule has 0 aromatic heterocycles. The van der Waals surface area contributed by atoms with Gasteiger partial charge in [-0.15, -0.1) is 0 Å². The van der Waals surface area contributed by atoms with E-state index >= 15 is 0 Å². The van der Waals surface area contributed by atoms with Gasteiger partial charge < -0.3 is 15.1 Å². The normalized spacial score (nSPS) is 18.0. The van der Waals surface area contributed by atoms with Crippen LogP contribution in [0.25, 0.3) is 11.1 Å². The Hall–Kier alpha value is -4.05. The maximum Gasteiger partial charge on any atom is 0.295 e. The highest BCUT2D eigenvalue weighted by atomic mass is 32.2. The summed E-state index contributed by atoms with van der Waals surface area (Å²) in [5.41, 5.74) is 1.82. The summed E-state index contributed by atoms with van der Waals surface area (Å²) in [4.78, 5) is 14.6. The summed E-state index contributed by atoms with van der Waals surface area (Å²) in [5, 5.41) is 21.7. The van der Waals surface area contributed by atoms with Gasteiger partial charge >= 0.3 is 0 Å². The third kappa shape index (κ3) is 5.16. The average molecular weight is 548 g/mol. The number of aliphatic hydroxyl groups is 1. The summed E-state index contributed by atoms with van der Waals surface area (Å²) in [6.45, 7) is 0. The lowest BCUT2D eigenvalue weighted by molar-refractivity contribution is -0.131. The number of aliphatic hydroxyl groups excluding tert-OH is 1. The molecule has 1 aliphatic rings. The number of hydrogen-bond donors (Lipinski definition) is 3. The van der Waals surface area contributed by atoms with Crippen molar-refractivity contribution in [3.8, 4) is 16.9 Å². The van der Waals surface area contributed by atoms with E-state index in [1.54, 1.807) is 53.4 Å². The standard InChI is InChI=1S/C30H26FNO6S/c31-25-12-6-4-11-22(25)26(33)17-16-24-29(32(30(24)35)20-8-2-1-3-9-20)23-15-14-19(18-27(23)34)21-10-5-7-13-28(21)39(36,37)38/h1-15,18,24,26,29,33-34H,16-17H2,(H,36,37,38). The number of benzene rings is 4. The Labute approximate surface area is 225 Å². The summed E-state index contributed by atoms with van der Waals surface area (Å²) in [7, 11) is -4.50. The molecule has 0 bridgehead atoms. The summed E-state index contributed by atoms with van der Waals surface area (Å²) < 4.78 is 47.6. The van der Waals surface area contributed by atoms with E-state index < -0.39 is 34.0 Å². The van der Waals surface area contributed by atoms with Crippen molar-refractivity contribution >= 4 is 21.7 Å². The van der Waals surface area contributed by atoms with E-state index in [0.717, 1.165) is 0 Å². The number of phenolic OH excluding ortho intramolecular Hbond substituents is 1. The molecule has 1 aliphatic heterocycles. The lowest BCUT2D eigenvalue weighted by Crippen LogP contribution is -2.55. The van der Waals surface area contributed by atoms with Crippen LogP contribution >= 0.6 is 0 Å². The zero-order valence-corrected chi connectivity index (χ0v) is 21.5. The number of aromatic hydroxyl groups is 1. The van der Waals surface area contributed by atoms with Crippen molar-refractivity contribution < 1.29 is 32.4 Å². The first kappa shape index (κ1) is 26.6. The monoisotopic (exact) mass is 547 g/mol. The number of anilines is 1. The number of amides is 1. The van der Waals surface area contributed by atoms with Crippen LogP contribution in [0.15, 0.2) is 102 Å². The summed E-state index contributed by atoms with van der Waals surface area (Å²) in [6, 6.07) is 24.9. The van der Waals surface area contributed by atoms with Crippen molar-refractivity contribution in [1.82, 2.24) is 0 Å². The molecule has 0 saturated carbocycles. The average Bonchev–Trinajstić information content (AvgIpc) is 2.92. The number of hydrogen-bond acceptors (Lipinski definition) is 5. The van der Waals surface area contributed by atoms with Gasteiger partial charge in [-0.05, 0) is 48.7 Å². The van der Waals surface area contributed by atoms with Crippen LogP contribution < -0.4 is 4.90 Å². The van der Waals surface area contributed by atoms with Crippen LogP contribution in [-0.4, -0.2) is 29.1 Å². The van der Waals surface area contributed by atoms with Crippen molar-refractivity contribution in [2.75, 3.05) is 4.90 Å². The molecule has 0 aliphatic carbocycles. The SMILES string of the molecule is O=C1C(CCC(O)c2ccccc2F)C(c2ccc(-c3ccccc3S(=O)(=O)O)cc2O)N1c1ccccc1. The van der Waals surface area contributed by atoms with Gasteiger partial charge in [0, 0.05) is 22.4 Å². The van der Waals surface area contributed by atoms with Gasteiger partial charge in [-0.3, -0.25) is 9.35 Å². The molecule has 3 N–H and O–H groups in total. The number of β-lactam (4-membered cyclic amide) rings is 1. The van der Waals surface area contributed by atoms with Gasteiger partial charge in [0.15, 0.2) is 0 Å². The summed E-state index contributed by atoms with van der Waals surface area (Å²) >= 11 is 0. The van der Waals surface area contributed by atoms with E-state index in [9.17, 15) is 32.4 Å². The Bertz CT molecular complexity index is 1630.